The Hall–Kier alpha value is -1.79. The van der Waals surface area contributed by atoms with Crippen LogP contribution in [0.2, 0.25) is 0 Å². The minimum absolute atomic E-state index is 0.0473. The summed E-state index contributed by atoms with van der Waals surface area (Å²) in [6.45, 7) is 4.46. The topological polar surface area (TPSA) is 78.0 Å². The molecule has 0 bridgehead atoms. The predicted octanol–water partition coefficient (Wildman–Crippen LogP) is 2.15. The Bertz CT molecular complexity index is 628. The van der Waals surface area contributed by atoms with Gasteiger partial charge in [0.1, 0.15) is 0 Å². The Kier molecular flexibility index (Phi) is 6.67. The Morgan fingerprint density at radius 1 is 1.39 bits per heavy atom. The van der Waals surface area contributed by atoms with E-state index in [1.807, 2.05) is 32.0 Å². The van der Waals surface area contributed by atoms with Crippen LogP contribution in [0.25, 0.3) is 0 Å². The highest BCUT2D eigenvalue weighted by atomic mass is 32.2. The number of benzene rings is 1. The standard InChI is InChI=1S/C17H23N3O2S/c1-12(10-21)9-18-16(22)11-23-17-19-13(2)15(20-17)8-14-6-4-3-5-7-14/h3-7,12,21H,8-11H2,1-2H3,(H,18,22)(H,19,20). The third kappa shape index (κ3) is 5.73. The second-order valence-corrected chi connectivity index (χ2v) is 6.62. The van der Waals surface area contributed by atoms with Crippen LogP contribution in [-0.4, -0.2) is 39.9 Å². The zero-order valence-electron chi connectivity index (χ0n) is 13.5. The molecule has 1 unspecified atom stereocenters. The molecule has 0 aliphatic carbocycles. The smallest absolute Gasteiger partial charge is 0.230 e. The maximum atomic E-state index is 11.8. The summed E-state index contributed by atoms with van der Waals surface area (Å²) in [6.07, 6.45) is 0.782. The van der Waals surface area contributed by atoms with Crippen molar-refractivity contribution in [3.63, 3.8) is 0 Å². The predicted molar refractivity (Wildman–Crippen MR) is 92.6 cm³/mol. The lowest BCUT2D eigenvalue weighted by molar-refractivity contribution is -0.118. The number of carbonyl (C=O) groups is 1. The third-order valence-electron chi connectivity index (χ3n) is 3.48. The maximum Gasteiger partial charge on any atom is 0.230 e. The molecular weight excluding hydrogens is 310 g/mol. The van der Waals surface area contributed by atoms with E-state index in [-0.39, 0.29) is 18.4 Å². The van der Waals surface area contributed by atoms with Crippen LogP contribution in [0.4, 0.5) is 0 Å². The number of rotatable bonds is 8. The van der Waals surface area contributed by atoms with Crippen LogP contribution < -0.4 is 5.32 Å². The van der Waals surface area contributed by atoms with E-state index >= 15 is 0 Å². The van der Waals surface area contributed by atoms with Crippen LogP contribution in [0, 0.1) is 12.8 Å². The average Bonchev–Trinajstić information content (AvgIpc) is 2.91. The zero-order chi connectivity index (χ0) is 16.7. The molecule has 0 radical (unpaired) electrons. The van der Waals surface area contributed by atoms with Crippen molar-refractivity contribution < 1.29 is 9.90 Å². The van der Waals surface area contributed by atoms with Crippen LogP contribution >= 0.6 is 11.8 Å². The molecule has 124 valence electrons. The van der Waals surface area contributed by atoms with Gasteiger partial charge >= 0.3 is 0 Å². The van der Waals surface area contributed by atoms with Gasteiger partial charge in [0, 0.05) is 25.3 Å². The number of H-pyrrole nitrogens is 1. The highest BCUT2D eigenvalue weighted by Gasteiger charge is 2.10. The van der Waals surface area contributed by atoms with Crippen LogP contribution in [0.3, 0.4) is 0 Å². The minimum atomic E-state index is -0.0473. The molecule has 0 aliphatic rings. The van der Waals surface area contributed by atoms with Crippen molar-refractivity contribution in [3.8, 4) is 0 Å². The van der Waals surface area contributed by atoms with E-state index in [4.69, 9.17) is 5.11 Å². The first-order valence-corrected chi connectivity index (χ1v) is 8.66. The third-order valence-corrected chi connectivity index (χ3v) is 4.35. The highest BCUT2D eigenvalue weighted by molar-refractivity contribution is 7.99. The summed E-state index contributed by atoms with van der Waals surface area (Å²) in [6, 6.07) is 10.2. The average molecular weight is 333 g/mol. The summed E-state index contributed by atoms with van der Waals surface area (Å²) in [5.41, 5.74) is 3.26. The van der Waals surface area contributed by atoms with Gasteiger partial charge in [-0.2, -0.15) is 0 Å². The number of amides is 1. The lowest BCUT2D eigenvalue weighted by Crippen LogP contribution is -2.30. The van der Waals surface area contributed by atoms with Crippen LogP contribution in [0.1, 0.15) is 23.9 Å². The molecule has 1 aromatic heterocycles. The van der Waals surface area contributed by atoms with Gasteiger partial charge in [0.25, 0.3) is 0 Å². The molecule has 23 heavy (non-hydrogen) atoms. The molecule has 6 heteroatoms. The monoisotopic (exact) mass is 333 g/mol. The zero-order valence-corrected chi connectivity index (χ0v) is 14.3. The van der Waals surface area contributed by atoms with Gasteiger partial charge in [0.2, 0.25) is 5.91 Å². The molecule has 1 aromatic carbocycles. The van der Waals surface area contributed by atoms with Crippen molar-refractivity contribution >= 4 is 17.7 Å². The van der Waals surface area contributed by atoms with Crippen molar-refractivity contribution in [3.05, 3.63) is 47.3 Å². The number of aliphatic hydroxyl groups is 1. The summed E-state index contributed by atoms with van der Waals surface area (Å²) in [5.74, 6) is 0.344. The SMILES string of the molecule is Cc1[nH]c(SCC(=O)NCC(C)CO)nc1Cc1ccccc1. The fourth-order valence-corrected chi connectivity index (χ4v) is 2.80. The van der Waals surface area contributed by atoms with Gasteiger partial charge in [-0.15, -0.1) is 0 Å². The number of aliphatic hydroxyl groups excluding tert-OH is 1. The molecule has 2 aromatic rings. The number of aryl methyl sites for hydroxylation is 1. The molecule has 1 heterocycles. The van der Waals surface area contributed by atoms with E-state index in [0.717, 1.165) is 23.0 Å². The van der Waals surface area contributed by atoms with Crippen molar-refractivity contribution in [2.45, 2.75) is 25.4 Å². The Labute approximate surface area is 140 Å². The maximum absolute atomic E-state index is 11.8. The summed E-state index contributed by atoms with van der Waals surface area (Å²) in [4.78, 5) is 19.6. The number of hydrogen-bond donors (Lipinski definition) is 3. The number of nitrogens with zero attached hydrogens (tertiary/aromatic N) is 1. The largest absolute Gasteiger partial charge is 0.396 e. The fourth-order valence-electron chi connectivity index (χ4n) is 2.03. The van der Waals surface area contributed by atoms with Gasteiger partial charge < -0.3 is 15.4 Å². The molecule has 1 amide bonds. The number of aromatic nitrogens is 2. The van der Waals surface area contributed by atoms with Crippen molar-refractivity contribution in [1.82, 2.24) is 15.3 Å². The molecule has 2 rings (SSSR count). The Morgan fingerprint density at radius 3 is 2.83 bits per heavy atom. The first-order chi connectivity index (χ1) is 11.1. The molecule has 1 atom stereocenters. The summed E-state index contributed by atoms with van der Waals surface area (Å²) in [7, 11) is 0. The first-order valence-electron chi connectivity index (χ1n) is 7.68. The van der Waals surface area contributed by atoms with Crippen LogP contribution in [-0.2, 0) is 11.2 Å². The Morgan fingerprint density at radius 2 is 2.13 bits per heavy atom. The van der Waals surface area contributed by atoms with Crippen molar-refractivity contribution in [2.24, 2.45) is 5.92 Å². The van der Waals surface area contributed by atoms with Crippen LogP contribution in [0.15, 0.2) is 35.5 Å². The van der Waals surface area contributed by atoms with Gasteiger partial charge in [-0.3, -0.25) is 4.79 Å². The lowest BCUT2D eigenvalue weighted by atomic mass is 10.1. The molecule has 0 saturated carbocycles. The molecule has 0 saturated heterocycles. The second-order valence-electron chi connectivity index (χ2n) is 5.66. The molecule has 0 fully saturated rings. The lowest BCUT2D eigenvalue weighted by Gasteiger charge is -2.08. The van der Waals surface area contributed by atoms with E-state index in [2.05, 4.69) is 27.4 Å². The van der Waals surface area contributed by atoms with E-state index in [0.29, 0.717) is 12.3 Å². The van der Waals surface area contributed by atoms with Gasteiger partial charge in [0.05, 0.1) is 11.4 Å². The number of nitrogens with one attached hydrogen (secondary N) is 2. The van der Waals surface area contributed by atoms with E-state index in [1.165, 1.54) is 17.3 Å². The van der Waals surface area contributed by atoms with Crippen molar-refractivity contribution in [1.29, 1.82) is 0 Å². The summed E-state index contributed by atoms with van der Waals surface area (Å²) < 4.78 is 0. The minimum Gasteiger partial charge on any atom is -0.396 e. The van der Waals surface area contributed by atoms with Gasteiger partial charge in [-0.25, -0.2) is 4.98 Å². The summed E-state index contributed by atoms with van der Waals surface area (Å²) in [5, 5.41) is 12.5. The normalized spacial score (nSPS) is 12.1. The van der Waals surface area contributed by atoms with E-state index < -0.39 is 0 Å². The van der Waals surface area contributed by atoms with Crippen LogP contribution in [0.5, 0.6) is 0 Å². The van der Waals surface area contributed by atoms with Gasteiger partial charge in [0.15, 0.2) is 5.16 Å². The molecule has 5 nitrogen and oxygen atoms in total. The number of carbonyl (C=O) groups excluding carboxylic acids is 1. The quantitative estimate of drug-likeness (QED) is 0.647. The molecular formula is C17H23N3O2S. The molecule has 3 N–H and O–H groups in total. The highest BCUT2D eigenvalue weighted by Crippen LogP contribution is 2.18. The van der Waals surface area contributed by atoms with E-state index in [9.17, 15) is 4.79 Å². The van der Waals surface area contributed by atoms with E-state index in [1.54, 1.807) is 0 Å². The molecule has 0 aliphatic heterocycles. The molecule has 0 spiro atoms. The Balaban J connectivity index is 1.85. The number of aromatic amines is 1. The van der Waals surface area contributed by atoms with Gasteiger partial charge in [-0.05, 0) is 18.4 Å². The number of imidazole rings is 1. The fraction of sp³-hybridized carbons (Fsp3) is 0.412. The number of hydrogen-bond acceptors (Lipinski definition) is 4. The van der Waals surface area contributed by atoms with Gasteiger partial charge in [-0.1, -0.05) is 49.0 Å². The van der Waals surface area contributed by atoms with Crippen molar-refractivity contribution in [2.75, 3.05) is 18.9 Å². The first kappa shape index (κ1) is 17.6. The summed E-state index contributed by atoms with van der Waals surface area (Å²) >= 11 is 1.39. The number of thioether (sulfide) groups is 1. The second kappa shape index (κ2) is 8.74.